The van der Waals surface area contributed by atoms with E-state index >= 15 is 0 Å². The van der Waals surface area contributed by atoms with Crippen molar-refractivity contribution in [2.45, 2.75) is 25.4 Å². The van der Waals surface area contributed by atoms with Crippen LogP contribution in [0.5, 0.6) is 5.75 Å². The summed E-state index contributed by atoms with van der Waals surface area (Å²) < 4.78 is 18.9. The lowest BCUT2D eigenvalue weighted by atomic mass is 9.91. The average Bonchev–Trinajstić information content (AvgIpc) is 2.76. The molecule has 1 heterocycles. The molecule has 0 saturated carbocycles. The maximum absolute atomic E-state index is 12.9. The van der Waals surface area contributed by atoms with E-state index in [2.05, 4.69) is 0 Å². The molecule has 4 heteroatoms. The lowest BCUT2D eigenvalue weighted by molar-refractivity contribution is 0.0696. The van der Waals surface area contributed by atoms with Crippen molar-refractivity contribution in [3.05, 3.63) is 65.0 Å². The number of benzene rings is 2. The highest BCUT2D eigenvalue weighted by Gasteiger charge is 2.35. The van der Waals surface area contributed by atoms with E-state index < -0.39 is 11.6 Å². The van der Waals surface area contributed by atoms with Crippen molar-refractivity contribution in [1.29, 1.82) is 0 Å². The molecule has 0 aliphatic carbocycles. The Kier molecular flexibility index (Phi) is 3.16. The minimum absolute atomic E-state index is 0.259. The Morgan fingerprint density at radius 1 is 1.29 bits per heavy atom. The predicted octanol–water partition coefficient (Wildman–Crippen LogP) is 3.46. The van der Waals surface area contributed by atoms with Crippen molar-refractivity contribution in [1.82, 2.24) is 0 Å². The van der Waals surface area contributed by atoms with Crippen molar-refractivity contribution >= 4 is 5.97 Å². The molecule has 2 aromatic rings. The van der Waals surface area contributed by atoms with Crippen molar-refractivity contribution in [2.75, 3.05) is 0 Å². The number of aromatic carboxylic acids is 1. The molecule has 108 valence electrons. The average molecular weight is 286 g/mol. The summed E-state index contributed by atoms with van der Waals surface area (Å²) in [5, 5.41) is 9.03. The molecule has 1 aliphatic heterocycles. The van der Waals surface area contributed by atoms with Crippen LogP contribution < -0.4 is 4.74 Å². The first-order valence-corrected chi connectivity index (χ1v) is 6.75. The van der Waals surface area contributed by atoms with Gasteiger partial charge in [0.25, 0.3) is 0 Å². The number of carboxylic acids is 1. The zero-order valence-corrected chi connectivity index (χ0v) is 11.6. The highest BCUT2D eigenvalue weighted by molar-refractivity contribution is 5.88. The van der Waals surface area contributed by atoms with Gasteiger partial charge >= 0.3 is 5.97 Å². The second-order valence-electron chi connectivity index (χ2n) is 5.66. The second kappa shape index (κ2) is 4.88. The molecule has 0 fully saturated rings. The maximum Gasteiger partial charge on any atom is 0.335 e. The van der Waals surface area contributed by atoms with Gasteiger partial charge in [0, 0.05) is 12.8 Å². The molecule has 3 rings (SSSR count). The summed E-state index contributed by atoms with van der Waals surface area (Å²) in [6.07, 6.45) is 1.28. The Bertz CT molecular complexity index is 694. The third-order valence-corrected chi connectivity index (χ3v) is 3.72. The lowest BCUT2D eigenvalue weighted by Crippen LogP contribution is -2.32. The van der Waals surface area contributed by atoms with Crippen molar-refractivity contribution in [3.63, 3.8) is 0 Å². The third-order valence-electron chi connectivity index (χ3n) is 3.72. The van der Waals surface area contributed by atoms with Gasteiger partial charge in [-0.3, -0.25) is 0 Å². The lowest BCUT2D eigenvalue weighted by Gasteiger charge is -2.24. The van der Waals surface area contributed by atoms with Crippen molar-refractivity contribution < 1.29 is 19.0 Å². The zero-order valence-electron chi connectivity index (χ0n) is 11.6. The molecule has 21 heavy (non-hydrogen) atoms. The summed E-state index contributed by atoms with van der Waals surface area (Å²) in [6, 6.07) is 11.3. The monoisotopic (exact) mass is 286 g/mol. The van der Waals surface area contributed by atoms with Gasteiger partial charge in [0.1, 0.15) is 17.2 Å². The van der Waals surface area contributed by atoms with Gasteiger partial charge in [-0.05, 0) is 48.4 Å². The van der Waals surface area contributed by atoms with Crippen LogP contribution in [-0.4, -0.2) is 16.7 Å². The van der Waals surface area contributed by atoms with Gasteiger partial charge in [-0.1, -0.05) is 12.1 Å². The van der Waals surface area contributed by atoms with Gasteiger partial charge in [-0.25, -0.2) is 9.18 Å². The van der Waals surface area contributed by atoms with E-state index in [0.717, 1.165) is 16.9 Å². The summed E-state index contributed by atoms with van der Waals surface area (Å²) in [4.78, 5) is 11.0. The van der Waals surface area contributed by atoms with Crippen LogP contribution >= 0.6 is 0 Å². The fourth-order valence-corrected chi connectivity index (χ4v) is 2.79. The van der Waals surface area contributed by atoms with E-state index in [9.17, 15) is 9.18 Å². The van der Waals surface area contributed by atoms with E-state index in [-0.39, 0.29) is 11.4 Å². The highest BCUT2D eigenvalue weighted by Crippen LogP contribution is 2.37. The topological polar surface area (TPSA) is 46.5 Å². The molecule has 3 nitrogen and oxygen atoms in total. The molecule has 0 aromatic heterocycles. The van der Waals surface area contributed by atoms with Gasteiger partial charge < -0.3 is 9.84 Å². The molecular weight excluding hydrogens is 271 g/mol. The first-order valence-electron chi connectivity index (χ1n) is 6.75. The molecule has 2 aromatic carbocycles. The number of ether oxygens (including phenoxy) is 1. The smallest absolute Gasteiger partial charge is 0.335 e. The predicted molar refractivity (Wildman–Crippen MR) is 76.2 cm³/mol. The summed E-state index contributed by atoms with van der Waals surface area (Å²) in [5.41, 5.74) is 1.73. The molecule has 1 unspecified atom stereocenters. The standard InChI is InChI=1S/C17H15FO3/c1-17(9-11-2-5-14(18)6-3-11)10-13-8-12(16(19)20)4-7-15(13)21-17/h2-8H,9-10H2,1H3,(H,19,20). The van der Waals surface area contributed by atoms with Crippen molar-refractivity contribution in [3.8, 4) is 5.75 Å². The molecule has 0 spiro atoms. The Morgan fingerprint density at radius 3 is 2.67 bits per heavy atom. The molecular formula is C17H15FO3. The first-order chi connectivity index (χ1) is 9.95. The van der Waals surface area contributed by atoms with Crippen LogP contribution in [0.1, 0.15) is 28.4 Å². The largest absolute Gasteiger partial charge is 0.487 e. The zero-order chi connectivity index (χ0) is 15.0. The Hall–Kier alpha value is -2.36. The molecule has 1 N–H and O–H groups in total. The maximum atomic E-state index is 12.9. The fraction of sp³-hybridized carbons (Fsp3) is 0.235. The summed E-state index contributed by atoms with van der Waals surface area (Å²) >= 11 is 0. The molecule has 0 saturated heterocycles. The number of halogens is 1. The van der Waals surface area contributed by atoms with Gasteiger partial charge in [0.05, 0.1) is 5.56 Å². The molecule has 1 atom stereocenters. The van der Waals surface area contributed by atoms with Gasteiger partial charge in [0.15, 0.2) is 0 Å². The van der Waals surface area contributed by atoms with Gasteiger partial charge in [-0.2, -0.15) is 0 Å². The first kappa shape index (κ1) is 13.6. The van der Waals surface area contributed by atoms with Crippen LogP contribution in [0.25, 0.3) is 0 Å². The quantitative estimate of drug-likeness (QED) is 0.940. The van der Waals surface area contributed by atoms with E-state index in [1.165, 1.54) is 12.1 Å². The van der Waals surface area contributed by atoms with Crippen LogP contribution in [0.2, 0.25) is 0 Å². The minimum atomic E-state index is -0.940. The van der Waals surface area contributed by atoms with Crippen LogP contribution in [-0.2, 0) is 12.8 Å². The van der Waals surface area contributed by atoms with E-state index in [4.69, 9.17) is 9.84 Å². The SMILES string of the molecule is CC1(Cc2ccc(F)cc2)Cc2cc(C(=O)O)ccc2O1. The van der Waals surface area contributed by atoms with Crippen LogP contribution in [0, 0.1) is 5.82 Å². The number of carboxylic acid groups (broad SMARTS) is 1. The second-order valence-corrected chi connectivity index (χ2v) is 5.66. The van der Waals surface area contributed by atoms with E-state index in [1.54, 1.807) is 30.3 Å². The van der Waals surface area contributed by atoms with Gasteiger partial charge in [-0.15, -0.1) is 0 Å². The van der Waals surface area contributed by atoms with Crippen molar-refractivity contribution in [2.24, 2.45) is 0 Å². The Morgan fingerprint density at radius 2 is 2.00 bits per heavy atom. The summed E-state index contributed by atoms with van der Waals surface area (Å²) in [7, 11) is 0. The van der Waals surface area contributed by atoms with E-state index in [1.807, 2.05) is 6.92 Å². The molecule has 1 aliphatic rings. The third kappa shape index (κ3) is 2.75. The minimum Gasteiger partial charge on any atom is -0.487 e. The molecule has 0 radical (unpaired) electrons. The number of rotatable bonds is 3. The Balaban J connectivity index is 1.82. The highest BCUT2D eigenvalue weighted by atomic mass is 19.1. The Labute approximate surface area is 122 Å². The van der Waals surface area contributed by atoms with Crippen LogP contribution in [0.3, 0.4) is 0 Å². The number of hydrogen-bond acceptors (Lipinski definition) is 2. The summed E-state index contributed by atoms with van der Waals surface area (Å²) in [5.74, 6) is -0.472. The molecule has 0 bridgehead atoms. The van der Waals surface area contributed by atoms with Crippen LogP contribution in [0.4, 0.5) is 4.39 Å². The number of carbonyl (C=O) groups is 1. The number of fused-ring (bicyclic) bond motifs is 1. The molecule has 0 amide bonds. The van der Waals surface area contributed by atoms with Crippen LogP contribution in [0.15, 0.2) is 42.5 Å². The van der Waals surface area contributed by atoms with E-state index in [0.29, 0.717) is 12.8 Å². The summed E-state index contributed by atoms with van der Waals surface area (Å²) in [6.45, 7) is 1.98. The normalized spacial score (nSPS) is 19.9. The fourth-order valence-electron chi connectivity index (χ4n) is 2.79. The van der Waals surface area contributed by atoms with Gasteiger partial charge in [0.2, 0.25) is 0 Å². The number of hydrogen-bond donors (Lipinski definition) is 1.